The zero-order valence-corrected chi connectivity index (χ0v) is 16.1. The minimum absolute atomic E-state index is 0.152. The van der Waals surface area contributed by atoms with Gasteiger partial charge in [-0.1, -0.05) is 23.9 Å². The van der Waals surface area contributed by atoms with Crippen molar-refractivity contribution in [1.82, 2.24) is 19.7 Å². The molecule has 3 rings (SSSR count). The van der Waals surface area contributed by atoms with Crippen LogP contribution in [0.3, 0.4) is 0 Å². The minimum Gasteiger partial charge on any atom is -0.318 e. The summed E-state index contributed by atoms with van der Waals surface area (Å²) in [5, 5.41) is 10.5. The highest BCUT2D eigenvalue weighted by molar-refractivity contribution is 7.99. The number of amides is 1. The van der Waals surface area contributed by atoms with E-state index in [2.05, 4.69) is 20.5 Å². The molecule has 29 heavy (non-hydrogen) atoms. The molecule has 6 nitrogen and oxygen atoms in total. The molecular weight excluding hydrogens is 410 g/mol. The first kappa shape index (κ1) is 20.8. The van der Waals surface area contributed by atoms with E-state index in [1.807, 2.05) is 6.92 Å². The highest BCUT2D eigenvalue weighted by Gasteiger charge is 2.33. The Labute approximate surface area is 167 Å². The van der Waals surface area contributed by atoms with Gasteiger partial charge in [0.15, 0.2) is 5.16 Å². The van der Waals surface area contributed by atoms with Gasteiger partial charge in [0.2, 0.25) is 0 Å². The topological polar surface area (TPSA) is 72.7 Å². The lowest BCUT2D eigenvalue weighted by atomic mass is 10.1. The molecule has 0 unspecified atom stereocenters. The highest BCUT2D eigenvalue weighted by Crippen LogP contribution is 2.35. The Morgan fingerprint density at radius 3 is 2.66 bits per heavy atom. The van der Waals surface area contributed by atoms with Crippen LogP contribution in [0, 0.1) is 5.82 Å². The maximum atomic E-state index is 14.2. The summed E-state index contributed by atoms with van der Waals surface area (Å²) in [6.07, 6.45) is -3.14. The first-order valence-electron chi connectivity index (χ1n) is 8.31. The quantitative estimate of drug-likeness (QED) is 0.482. The smallest absolute Gasteiger partial charge is 0.318 e. The number of pyridine rings is 1. The summed E-state index contributed by atoms with van der Waals surface area (Å²) in [6.45, 7) is 1.87. The first-order chi connectivity index (χ1) is 13.6. The Morgan fingerprint density at radius 2 is 2.00 bits per heavy atom. The second kappa shape index (κ2) is 8.19. The van der Waals surface area contributed by atoms with E-state index in [9.17, 15) is 22.4 Å². The molecule has 0 aliphatic heterocycles. The van der Waals surface area contributed by atoms with Gasteiger partial charge in [0.25, 0.3) is 5.91 Å². The second-order valence-corrected chi connectivity index (χ2v) is 7.39. The highest BCUT2D eigenvalue weighted by atomic mass is 32.2. The van der Waals surface area contributed by atoms with E-state index in [0.717, 1.165) is 18.2 Å². The molecule has 0 spiro atoms. The van der Waals surface area contributed by atoms with Crippen molar-refractivity contribution < 1.29 is 22.4 Å². The van der Waals surface area contributed by atoms with Gasteiger partial charge in [-0.2, -0.15) is 13.2 Å². The standard InChI is InChI=1S/C18H15F4N5OS/c1-10(29-17-26-23-9-27(17)2)11-6-7-12(19)14(8-11)25-16(28)13-4-3-5-15(24-13)18(20,21)22/h3-10H,1-2H3,(H,25,28)/t10-/m0/s1. The largest absolute Gasteiger partial charge is 0.433 e. The molecule has 2 aromatic heterocycles. The fraction of sp³-hybridized carbons (Fsp3) is 0.222. The molecule has 0 saturated carbocycles. The van der Waals surface area contributed by atoms with Crippen LogP contribution >= 0.6 is 11.8 Å². The molecule has 3 aromatic rings. The molecule has 1 amide bonds. The second-order valence-electron chi connectivity index (χ2n) is 6.08. The van der Waals surface area contributed by atoms with Crippen molar-refractivity contribution in [1.29, 1.82) is 0 Å². The minimum atomic E-state index is -4.69. The molecule has 1 N–H and O–H groups in total. The van der Waals surface area contributed by atoms with Gasteiger partial charge >= 0.3 is 6.18 Å². The van der Waals surface area contributed by atoms with Crippen LogP contribution in [0.2, 0.25) is 0 Å². The van der Waals surface area contributed by atoms with Crippen molar-refractivity contribution in [3.05, 3.63) is 65.5 Å². The number of aryl methyl sites for hydroxylation is 1. The van der Waals surface area contributed by atoms with Crippen LogP contribution in [-0.2, 0) is 13.2 Å². The maximum Gasteiger partial charge on any atom is 0.433 e. The van der Waals surface area contributed by atoms with Crippen LogP contribution in [0.4, 0.5) is 23.2 Å². The number of alkyl halides is 3. The third kappa shape index (κ3) is 4.91. The third-order valence-electron chi connectivity index (χ3n) is 3.93. The van der Waals surface area contributed by atoms with Gasteiger partial charge in [-0.25, -0.2) is 9.37 Å². The number of carbonyl (C=O) groups is 1. The molecule has 0 aliphatic rings. The van der Waals surface area contributed by atoms with Crippen LogP contribution < -0.4 is 5.32 Å². The van der Waals surface area contributed by atoms with Crippen molar-refractivity contribution in [3.8, 4) is 0 Å². The Morgan fingerprint density at radius 1 is 1.24 bits per heavy atom. The van der Waals surface area contributed by atoms with E-state index in [-0.39, 0.29) is 10.9 Å². The number of carbonyl (C=O) groups excluding carboxylic acids is 1. The molecule has 152 valence electrons. The molecule has 0 radical (unpaired) electrons. The molecule has 1 atom stereocenters. The number of benzene rings is 1. The zero-order valence-electron chi connectivity index (χ0n) is 15.2. The van der Waals surface area contributed by atoms with Gasteiger partial charge in [0, 0.05) is 12.3 Å². The molecule has 1 aromatic carbocycles. The molecule has 0 aliphatic carbocycles. The third-order valence-corrected chi connectivity index (χ3v) is 5.14. The van der Waals surface area contributed by atoms with Crippen LogP contribution in [-0.4, -0.2) is 25.7 Å². The average molecular weight is 425 g/mol. The summed E-state index contributed by atoms with van der Waals surface area (Å²) >= 11 is 1.38. The van der Waals surface area contributed by atoms with E-state index in [4.69, 9.17) is 0 Å². The molecule has 0 bridgehead atoms. The molecule has 2 heterocycles. The first-order valence-corrected chi connectivity index (χ1v) is 9.19. The lowest BCUT2D eigenvalue weighted by Crippen LogP contribution is -2.17. The molecule has 0 saturated heterocycles. The lowest BCUT2D eigenvalue weighted by molar-refractivity contribution is -0.141. The summed E-state index contributed by atoms with van der Waals surface area (Å²) < 4.78 is 54.2. The summed E-state index contributed by atoms with van der Waals surface area (Å²) in [5.74, 6) is -1.66. The van der Waals surface area contributed by atoms with E-state index in [1.165, 1.54) is 23.9 Å². The maximum absolute atomic E-state index is 14.2. The summed E-state index contributed by atoms with van der Waals surface area (Å²) in [7, 11) is 1.79. The lowest BCUT2D eigenvalue weighted by Gasteiger charge is -2.14. The number of aromatic nitrogens is 4. The summed E-state index contributed by atoms with van der Waals surface area (Å²) in [5.41, 5.74) is -1.14. The van der Waals surface area contributed by atoms with Gasteiger partial charge in [-0.3, -0.25) is 4.79 Å². The Bertz CT molecular complexity index is 1040. The number of thioether (sulfide) groups is 1. The number of nitrogens with zero attached hydrogens (tertiary/aromatic N) is 4. The fourth-order valence-electron chi connectivity index (χ4n) is 2.40. The summed E-state index contributed by atoms with van der Waals surface area (Å²) in [6, 6.07) is 7.11. The Balaban J connectivity index is 1.80. The summed E-state index contributed by atoms with van der Waals surface area (Å²) in [4.78, 5) is 15.6. The molecule has 0 fully saturated rings. The Hall–Kier alpha value is -2.95. The number of halogens is 4. The van der Waals surface area contributed by atoms with Gasteiger partial charge in [-0.15, -0.1) is 10.2 Å². The number of anilines is 1. The van der Waals surface area contributed by atoms with Crippen LogP contribution in [0.5, 0.6) is 0 Å². The van der Waals surface area contributed by atoms with E-state index in [1.54, 1.807) is 24.0 Å². The predicted molar refractivity (Wildman–Crippen MR) is 98.9 cm³/mol. The number of hydrogen-bond acceptors (Lipinski definition) is 5. The zero-order chi connectivity index (χ0) is 21.2. The number of nitrogens with one attached hydrogen (secondary N) is 1. The van der Waals surface area contributed by atoms with Gasteiger partial charge in [-0.05, 0) is 36.8 Å². The number of hydrogen-bond donors (Lipinski definition) is 1. The van der Waals surface area contributed by atoms with Crippen molar-refractivity contribution in [2.24, 2.45) is 7.05 Å². The monoisotopic (exact) mass is 425 g/mol. The van der Waals surface area contributed by atoms with E-state index >= 15 is 0 Å². The number of rotatable bonds is 5. The van der Waals surface area contributed by atoms with Crippen molar-refractivity contribution in [2.75, 3.05) is 5.32 Å². The van der Waals surface area contributed by atoms with Gasteiger partial charge in [0.1, 0.15) is 23.5 Å². The van der Waals surface area contributed by atoms with E-state index < -0.39 is 29.3 Å². The normalized spacial score (nSPS) is 12.6. The predicted octanol–water partition coefficient (Wildman–Crippen LogP) is 4.47. The van der Waals surface area contributed by atoms with Crippen LogP contribution in [0.15, 0.2) is 47.9 Å². The van der Waals surface area contributed by atoms with Crippen molar-refractivity contribution >= 4 is 23.4 Å². The molecular formula is C18H15F4N5OS. The fourth-order valence-corrected chi connectivity index (χ4v) is 3.31. The van der Waals surface area contributed by atoms with Crippen molar-refractivity contribution in [3.63, 3.8) is 0 Å². The SMILES string of the molecule is C[C@H](Sc1nncn1C)c1ccc(F)c(NC(=O)c2cccc(C(F)(F)F)n2)c1. The van der Waals surface area contributed by atoms with Crippen LogP contribution in [0.1, 0.15) is 33.9 Å². The van der Waals surface area contributed by atoms with Crippen molar-refractivity contribution in [2.45, 2.75) is 23.5 Å². The molecule has 11 heteroatoms. The average Bonchev–Trinajstić information content (AvgIpc) is 3.07. The van der Waals surface area contributed by atoms with Gasteiger partial charge < -0.3 is 9.88 Å². The van der Waals surface area contributed by atoms with E-state index in [0.29, 0.717) is 10.7 Å². The van der Waals surface area contributed by atoms with Crippen LogP contribution in [0.25, 0.3) is 0 Å². The van der Waals surface area contributed by atoms with Gasteiger partial charge in [0.05, 0.1) is 5.69 Å². The Kier molecular flexibility index (Phi) is 5.87.